The Morgan fingerprint density at radius 2 is 1.95 bits per heavy atom. The maximum absolute atomic E-state index is 11.9. The molecule has 1 fully saturated rings. The Morgan fingerprint density at radius 3 is 2.45 bits per heavy atom. The number of rotatable bonds is 6. The van der Waals surface area contributed by atoms with Crippen LogP contribution in [0.1, 0.15) is 23.2 Å². The Balaban J connectivity index is 2.05. The van der Waals surface area contributed by atoms with E-state index in [1.165, 1.54) is 24.3 Å². The molecule has 0 heterocycles. The highest BCUT2D eigenvalue weighted by molar-refractivity contribution is 7.89. The van der Waals surface area contributed by atoms with Crippen LogP contribution in [0.3, 0.4) is 0 Å². The largest absolute Gasteiger partial charge is 0.456 e. The average molecular weight is 316 g/mol. The van der Waals surface area contributed by atoms with Crippen molar-refractivity contribution in [1.29, 1.82) is 0 Å². The number of ether oxygens (including phenoxy) is 1. The van der Waals surface area contributed by atoms with E-state index < -0.39 is 16.0 Å². The fourth-order valence-corrected chi connectivity index (χ4v) is 2.85. The molecule has 5 nitrogen and oxygen atoms in total. The third-order valence-electron chi connectivity index (χ3n) is 2.66. The van der Waals surface area contributed by atoms with Gasteiger partial charge < -0.3 is 4.74 Å². The van der Waals surface area contributed by atoms with Gasteiger partial charge in [0.15, 0.2) is 0 Å². The zero-order chi connectivity index (χ0) is 14.8. The molecule has 0 bridgehead atoms. The molecule has 2 rings (SSSR count). The van der Waals surface area contributed by atoms with Crippen LogP contribution in [0.15, 0.2) is 40.8 Å². The fraction of sp³-hybridized carbons (Fsp3) is 0.308. The van der Waals surface area contributed by atoms with Gasteiger partial charge in [0, 0.05) is 11.1 Å². The first kappa shape index (κ1) is 15.0. The van der Waals surface area contributed by atoms with Crippen molar-refractivity contribution in [2.24, 2.45) is 0 Å². The molecule has 0 spiro atoms. The van der Waals surface area contributed by atoms with Crippen molar-refractivity contribution in [2.75, 3.05) is 6.61 Å². The second-order valence-corrected chi connectivity index (χ2v) is 6.76. The lowest BCUT2D eigenvalue weighted by atomic mass is 10.2. The first-order valence-corrected chi connectivity index (χ1v) is 7.87. The van der Waals surface area contributed by atoms with Crippen LogP contribution in [0.25, 0.3) is 0 Å². The third kappa shape index (κ3) is 4.06. The molecule has 20 heavy (non-hydrogen) atoms. The number of hydrogen-bond acceptors (Lipinski definition) is 4. The van der Waals surface area contributed by atoms with Crippen LogP contribution in [0.5, 0.6) is 0 Å². The summed E-state index contributed by atoms with van der Waals surface area (Å²) in [5.41, 5.74) is 0.258. The number of sulfonamides is 1. The molecule has 0 aliphatic heterocycles. The zero-order valence-electron chi connectivity index (χ0n) is 10.6. The molecule has 108 valence electrons. The first-order chi connectivity index (χ1) is 9.38. The molecule has 7 heteroatoms. The number of benzene rings is 1. The molecule has 1 aromatic rings. The summed E-state index contributed by atoms with van der Waals surface area (Å²) in [5.74, 6) is -0.578. The summed E-state index contributed by atoms with van der Waals surface area (Å²) in [4.78, 5) is 11.7. The Bertz CT molecular complexity index is 620. The first-order valence-electron chi connectivity index (χ1n) is 6.01. The summed E-state index contributed by atoms with van der Waals surface area (Å²) in [6.45, 7) is 3.32. The Kier molecular flexibility index (Phi) is 4.47. The smallest absolute Gasteiger partial charge is 0.338 e. The van der Waals surface area contributed by atoms with Gasteiger partial charge in [-0.3, -0.25) is 0 Å². The molecular formula is C13H14ClNO4S. The van der Waals surface area contributed by atoms with Gasteiger partial charge in [0.1, 0.15) is 6.61 Å². The number of carbonyl (C=O) groups excluding carboxylic acids is 1. The molecule has 0 amide bonds. The molecule has 1 aromatic carbocycles. The van der Waals surface area contributed by atoms with Crippen molar-refractivity contribution in [3.05, 3.63) is 41.4 Å². The van der Waals surface area contributed by atoms with Gasteiger partial charge in [-0.25, -0.2) is 17.9 Å². The van der Waals surface area contributed by atoms with Gasteiger partial charge in [-0.15, -0.1) is 0 Å². The summed E-state index contributed by atoms with van der Waals surface area (Å²) >= 11 is 5.49. The quantitative estimate of drug-likeness (QED) is 0.815. The highest BCUT2D eigenvalue weighted by Crippen LogP contribution is 2.22. The van der Waals surface area contributed by atoms with E-state index >= 15 is 0 Å². The number of carbonyl (C=O) groups is 1. The summed E-state index contributed by atoms with van der Waals surface area (Å²) in [6, 6.07) is 5.59. The predicted octanol–water partition coefficient (Wildman–Crippen LogP) is 2.04. The maximum Gasteiger partial charge on any atom is 0.338 e. The van der Waals surface area contributed by atoms with Crippen LogP contribution in [0.4, 0.5) is 0 Å². The van der Waals surface area contributed by atoms with Gasteiger partial charge in [-0.05, 0) is 37.1 Å². The molecule has 0 aromatic heterocycles. The summed E-state index contributed by atoms with van der Waals surface area (Å²) in [5, 5.41) is 0.214. The van der Waals surface area contributed by atoms with E-state index in [-0.39, 0.29) is 28.1 Å². The molecule has 0 radical (unpaired) electrons. The van der Waals surface area contributed by atoms with E-state index in [0.717, 1.165) is 12.8 Å². The Labute approximate surface area is 122 Å². The lowest BCUT2D eigenvalue weighted by molar-refractivity contribution is 0.0546. The zero-order valence-corrected chi connectivity index (χ0v) is 12.2. The molecule has 0 unspecified atom stereocenters. The van der Waals surface area contributed by atoms with Crippen LogP contribution in [0.2, 0.25) is 0 Å². The monoisotopic (exact) mass is 315 g/mol. The molecule has 0 atom stereocenters. The standard InChI is InChI=1S/C13H14ClNO4S/c1-9(14)8-19-13(16)10-2-6-12(7-3-10)20(17,18)15-11-4-5-11/h2-3,6-7,11,15H,1,4-5,8H2. The second-order valence-electron chi connectivity index (χ2n) is 4.51. The van der Waals surface area contributed by atoms with Crippen molar-refractivity contribution in [3.63, 3.8) is 0 Å². The molecule has 1 aliphatic carbocycles. The number of halogens is 1. The topological polar surface area (TPSA) is 72.5 Å². The molecule has 1 saturated carbocycles. The minimum absolute atomic E-state index is 0.0411. The molecule has 1 aliphatic rings. The van der Waals surface area contributed by atoms with E-state index in [1.54, 1.807) is 0 Å². The SMILES string of the molecule is C=C(Cl)COC(=O)c1ccc(S(=O)(=O)NC2CC2)cc1. The van der Waals surface area contributed by atoms with Crippen LogP contribution in [-0.4, -0.2) is 27.0 Å². The number of nitrogens with one attached hydrogen (secondary N) is 1. The Morgan fingerprint density at radius 1 is 1.35 bits per heavy atom. The van der Waals surface area contributed by atoms with E-state index in [2.05, 4.69) is 11.3 Å². The molecular weight excluding hydrogens is 302 g/mol. The Hall–Kier alpha value is -1.37. The van der Waals surface area contributed by atoms with Crippen molar-refractivity contribution in [2.45, 2.75) is 23.8 Å². The van der Waals surface area contributed by atoms with Crippen molar-refractivity contribution in [1.82, 2.24) is 4.72 Å². The normalized spacial score (nSPS) is 14.8. The number of hydrogen-bond donors (Lipinski definition) is 1. The summed E-state index contributed by atoms with van der Waals surface area (Å²) in [7, 11) is -3.50. The van der Waals surface area contributed by atoms with Crippen LogP contribution in [0, 0.1) is 0 Å². The van der Waals surface area contributed by atoms with Crippen molar-refractivity contribution < 1.29 is 17.9 Å². The van der Waals surface area contributed by atoms with Gasteiger partial charge in [0.05, 0.1) is 10.5 Å². The van der Waals surface area contributed by atoms with E-state index in [0.29, 0.717) is 0 Å². The maximum atomic E-state index is 11.9. The lowest BCUT2D eigenvalue weighted by Gasteiger charge is -2.07. The summed E-state index contributed by atoms with van der Waals surface area (Å²) in [6.07, 6.45) is 1.73. The van der Waals surface area contributed by atoms with Gasteiger partial charge in [0.2, 0.25) is 10.0 Å². The van der Waals surface area contributed by atoms with Crippen LogP contribution in [-0.2, 0) is 14.8 Å². The van der Waals surface area contributed by atoms with E-state index in [4.69, 9.17) is 16.3 Å². The van der Waals surface area contributed by atoms with E-state index in [9.17, 15) is 13.2 Å². The average Bonchev–Trinajstić information content (AvgIpc) is 3.19. The predicted molar refractivity (Wildman–Crippen MR) is 75.1 cm³/mol. The van der Waals surface area contributed by atoms with Crippen LogP contribution < -0.4 is 4.72 Å². The van der Waals surface area contributed by atoms with E-state index in [1.807, 2.05) is 0 Å². The second kappa shape index (κ2) is 5.95. The molecule has 1 N–H and O–H groups in total. The van der Waals surface area contributed by atoms with Gasteiger partial charge in [-0.1, -0.05) is 18.2 Å². The number of esters is 1. The van der Waals surface area contributed by atoms with Gasteiger partial charge in [0.25, 0.3) is 0 Å². The van der Waals surface area contributed by atoms with Gasteiger partial charge >= 0.3 is 5.97 Å². The van der Waals surface area contributed by atoms with Crippen molar-refractivity contribution >= 4 is 27.6 Å². The minimum Gasteiger partial charge on any atom is -0.456 e. The van der Waals surface area contributed by atoms with Crippen molar-refractivity contribution in [3.8, 4) is 0 Å². The highest BCUT2D eigenvalue weighted by Gasteiger charge is 2.27. The lowest BCUT2D eigenvalue weighted by Crippen LogP contribution is -2.25. The summed E-state index contributed by atoms with van der Waals surface area (Å²) < 4.78 is 31.3. The minimum atomic E-state index is -3.50. The third-order valence-corrected chi connectivity index (χ3v) is 4.30. The highest BCUT2D eigenvalue weighted by atomic mass is 35.5. The van der Waals surface area contributed by atoms with Gasteiger partial charge in [-0.2, -0.15) is 0 Å². The fourth-order valence-electron chi connectivity index (χ4n) is 1.49. The molecule has 0 saturated heterocycles. The van der Waals surface area contributed by atoms with Crippen LogP contribution >= 0.6 is 11.6 Å².